The van der Waals surface area contributed by atoms with Crippen molar-refractivity contribution in [3.63, 3.8) is 0 Å². The number of nitrogens with two attached hydrogens (primary N) is 1. The van der Waals surface area contributed by atoms with Crippen LogP contribution in [0.2, 0.25) is 0 Å². The Balaban J connectivity index is 2.13. The van der Waals surface area contributed by atoms with Gasteiger partial charge in [-0.1, -0.05) is 12.8 Å². The summed E-state index contributed by atoms with van der Waals surface area (Å²) in [6, 6.07) is 0.285. The molecule has 0 aliphatic carbocycles. The molecule has 14 heavy (non-hydrogen) atoms. The summed E-state index contributed by atoms with van der Waals surface area (Å²) in [6.07, 6.45) is 6.45. The number of ether oxygens (including phenoxy) is 1. The molecule has 1 fully saturated rings. The van der Waals surface area contributed by atoms with Crippen LogP contribution in [0.4, 0.5) is 0 Å². The summed E-state index contributed by atoms with van der Waals surface area (Å²) in [4.78, 5) is 2.51. The molecule has 2 N–H and O–H groups in total. The van der Waals surface area contributed by atoms with Crippen molar-refractivity contribution in [1.29, 1.82) is 0 Å². The van der Waals surface area contributed by atoms with Crippen LogP contribution in [0, 0.1) is 0 Å². The van der Waals surface area contributed by atoms with Crippen molar-refractivity contribution in [1.82, 2.24) is 4.90 Å². The second kappa shape index (κ2) is 7.21. The first kappa shape index (κ1) is 12.0. The van der Waals surface area contributed by atoms with E-state index in [0.29, 0.717) is 0 Å². The number of methoxy groups -OCH3 is 1. The molecule has 0 aromatic rings. The zero-order chi connectivity index (χ0) is 10.2. The van der Waals surface area contributed by atoms with Crippen molar-refractivity contribution >= 4 is 0 Å². The van der Waals surface area contributed by atoms with Gasteiger partial charge >= 0.3 is 0 Å². The Hall–Kier alpha value is -0.120. The van der Waals surface area contributed by atoms with Gasteiger partial charge in [0.15, 0.2) is 0 Å². The van der Waals surface area contributed by atoms with Crippen molar-refractivity contribution in [2.75, 3.05) is 33.4 Å². The fourth-order valence-electron chi connectivity index (χ4n) is 2.01. The molecule has 0 aromatic carbocycles. The topological polar surface area (TPSA) is 38.5 Å². The Morgan fingerprint density at radius 2 is 1.86 bits per heavy atom. The van der Waals surface area contributed by atoms with Crippen molar-refractivity contribution in [2.24, 2.45) is 5.73 Å². The zero-order valence-electron chi connectivity index (χ0n) is 9.37. The molecular weight excluding hydrogens is 176 g/mol. The van der Waals surface area contributed by atoms with Crippen molar-refractivity contribution < 1.29 is 4.74 Å². The highest BCUT2D eigenvalue weighted by Crippen LogP contribution is 2.09. The molecule has 3 heteroatoms. The van der Waals surface area contributed by atoms with Crippen LogP contribution in [0.3, 0.4) is 0 Å². The third kappa shape index (κ3) is 4.94. The molecule has 0 bridgehead atoms. The van der Waals surface area contributed by atoms with Crippen molar-refractivity contribution in [3.05, 3.63) is 0 Å². The minimum Gasteiger partial charge on any atom is -0.385 e. The lowest BCUT2D eigenvalue weighted by molar-refractivity contribution is 0.175. The second-order valence-electron chi connectivity index (χ2n) is 4.26. The standard InChI is InChI=1S/C11H24N2O/c1-14-9-6-11(12)10-13-7-4-2-3-5-8-13/h11H,2-10,12H2,1H3. The predicted molar refractivity (Wildman–Crippen MR) is 59.4 cm³/mol. The van der Waals surface area contributed by atoms with Crippen LogP contribution in [0.25, 0.3) is 0 Å². The Kier molecular flexibility index (Phi) is 6.15. The number of hydrogen-bond donors (Lipinski definition) is 1. The van der Waals surface area contributed by atoms with Gasteiger partial charge in [-0.2, -0.15) is 0 Å². The van der Waals surface area contributed by atoms with Gasteiger partial charge in [0.05, 0.1) is 0 Å². The van der Waals surface area contributed by atoms with Crippen LogP contribution in [0.15, 0.2) is 0 Å². The maximum Gasteiger partial charge on any atom is 0.0477 e. The minimum atomic E-state index is 0.285. The van der Waals surface area contributed by atoms with Crippen molar-refractivity contribution in [2.45, 2.75) is 38.1 Å². The average molecular weight is 200 g/mol. The summed E-state index contributed by atoms with van der Waals surface area (Å²) in [6.45, 7) is 4.31. The molecule has 0 radical (unpaired) electrons. The van der Waals surface area contributed by atoms with E-state index in [-0.39, 0.29) is 6.04 Å². The zero-order valence-corrected chi connectivity index (χ0v) is 9.37. The molecule has 1 unspecified atom stereocenters. The van der Waals surface area contributed by atoms with Crippen LogP contribution < -0.4 is 5.73 Å². The summed E-state index contributed by atoms with van der Waals surface area (Å²) >= 11 is 0. The Morgan fingerprint density at radius 1 is 1.21 bits per heavy atom. The largest absolute Gasteiger partial charge is 0.385 e. The van der Waals surface area contributed by atoms with Crippen LogP contribution in [-0.4, -0.2) is 44.3 Å². The van der Waals surface area contributed by atoms with Gasteiger partial charge in [-0.15, -0.1) is 0 Å². The molecule has 1 atom stereocenters. The molecule has 84 valence electrons. The highest BCUT2D eigenvalue weighted by Gasteiger charge is 2.12. The number of nitrogens with zero attached hydrogens (tertiary/aromatic N) is 1. The van der Waals surface area contributed by atoms with Crippen LogP contribution in [-0.2, 0) is 4.74 Å². The number of rotatable bonds is 5. The van der Waals surface area contributed by atoms with Crippen LogP contribution in [0.5, 0.6) is 0 Å². The van der Waals surface area contributed by atoms with E-state index in [1.165, 1.54) is 38.8 Å². The van der Waals surface area contributed by atoms with Gasteiger partial charge in [0.2, 0.25) is 0 Å². The normalized spacial score (nSPS) is 21.9. The molecule has 1 aliphatic rings. The molecule has 0 amide bonds. The van der Waals surface area contributed by atoms with Crippen molar-refractivity contribution in [3.8, 4) is 0 Å². The van der Waals surface area contributed by atoms with Crippen LogP contribution in [0.1, 0.15) is 32.1 Å². The second-order valence-corrected chi connectivity index (χ2v) is 4.26. The van der Waals surface area contributed by atoms with E-state index in [1.54, 1.807) is 7.11 Å². The first-order chi connectivity index (χ1) is 6.83. The van der Waals surface area contributed by atoms with E-state index in [0.717, 1.165) is 19.6 Å². The highest BCUT2D eigenvalue weighted by atomic mass is 16.5. The predicted octanol–water partition coefficient (Wildman–Crippen LogP) is 1.23. The minimum absolute atomic E-state index is 0.285. The van der Waals surface area contributed by atoms with Gasteiger partial charge < -0.3 is 15.4 Å². The molecule has 1 heterocycles. The maximum absolute atomic E-state index is 6.02. The van der Waals surface area contributed by atoms with Gasteiger partial charge in [-0.3, -0.25) is 0 Å². The molecule has 1 rings (SSSR count). The van der Waals surface area contributed by atoms with Gasteiger partial charge in [0.25, 0.3) is 0 Å². The molecule has 0 spiro atoms. The maximum atomic E-state index is 6.02. The van der Waals surface area contributed by atoms with Gasteiger partial charge in [0.1, 0.15) is 0 Å². The van der Waals surface area contributed by atoms with E-state index < -0.39 is 0 Å². The lowest BCUT2D eigenvalue weighted by Gasteiger charge is -2.23. The summed E-state index contributed by atoms with van der Waals surface area (Å²) in [5.41, 5.74) is 6.02. The smallest absolute Gasteiger partial charge is 0.0477 e. The average Bonchev–Trinajstić information content (AvgIpc) is 2.43. The first-order valence-electron chi connectivity index (χ1n) is 5.80. The number of likely N-dealkylation sites (tertiary alicyclic amines) is 1. The monoisotopic (exact) mass is 200 g/mol. The quantitative estimate of drug-likeness (QED) is 0.725. The lowest BCUT2D eigenvalue weighted by atomic mass is 10.2. The fraction of sp³-hybridized carbons (Fsp3) is 1.00. The SMILES string of the molecule is COCCC(N)CN1CCCCCC1. The van der Waals surface area contributed by atoms with Gasteiger partial charge in [0, 0.05) is 26.3 Å². The molecule has 0 aromatic heterocycles. The third-order valence-corrected chi connectivity index (χ3v) is 2.88. The van der Waals surface area contributed by atoms with E-state index in [9.17, 15) is 0 Å². The molecule has 1 aliphatic heterocycles. The Bertz CT molecular complexity index is 133. The summed E-state index contributed by atoms with van der Waals surface area (Å²) < 4.78 is 5.03. The molecule has 3 nitrogen and oxygen atoms in total. The first-order valence-corrected chi connectivity index (χ1v) is 5.80. The van der Waals surface area contributed by atoms with Gasteiger partial charge in [-0.05, 0) is 32.4 Å². The fourth-order valence-corrected chi connectivity index (χ4v) is 2.01. The molecule has 0 saturated carbocycles. The highest BCUT2D eigenvalue weighted by molar-refractivity contribution is 4.70. The molecular formula is C11H24N2O. The lowest BCUT2D eigenvalue weighted by Crippen LogP contribution is -2.38. The van der Waals surface area contributed by atoms with Crippen LogP contribution >= 0.6 is 0 Å². The number of hydrogen-bond acceptors (Lipinski definition) is 3. The summed E-state index contributed by atoms with van der Waals surface area (Å²) in [7, 11) is 1.73. The van der Waals surface area contributed by atoms with Gasteiger partial charge in [-0.25, -0.2) is 0 Å². The van der Waals surface area contributed by atoms with E-state index in [4.69, 9.17) is 10.5 Å². The third-order valence-electron chi connectivity index (χ3n) is 2.88. The Labute approximate surface area is 87.6 Å². The molecule has 1 saturated heterocycles. The summed E-state index contributed by atoms with van der Waals surface area (Å²) in [5, 5.41) is 0. The van der Waals surface area contributed by atoms with E-state index in [1.807, 2.05) is 0 Å². The Morgan fingerprint density at radius 3 is 2.43 bits per heavy atom. The summed E-state index contributed by atoms with van der Waals surface area (Å²) in [5.74, 6) is 0. The van der Waals surface area contributed by atoms with E-state index >= 15 is 0 Å². The van der Waals surface area contributed by atoms with E-state index in [2.05, 4.69) is 4.90 Å².